The first kappa shape index (κ1) is 11.5. The lowest BCUT2D eigenvalue weighted by molar-refractivity contribution is -0.384. The van der Waals surface area contributed by atoms with Crippen LogP contribution in [0.2, 0.25) is 5.02 Å². The Labute approximate surface area is 90.8 Å². The van der Waals surface area contributed by atoms with Crippen LogP contribution in [0.5, 0.6) is 5.75 Å². The molecule has 0 aliphatic rings. The first-order valence-corrected chi connectivity index (χ1v) is 4.38. The van der Waals surface area contributed by atoms with Gasteiger partial charge in [-0.2, -0.15) is 0 Å². The Morgan fingerprint density at radius 1 is 1.53 bits per heavy atom. The largest absolute Gasteiger partial charge is 0.494 e. The van der Waals surface area contributed by atoms with Gasteiger partial charge in [-0.3, -0.25) is 14.9 Å². The molecule has 15 heavy (non-hydrogen) atoms. The zero-order valence-electron chi connectivity index (χ0n) is 8.11. The highest BCUT2D eigenvalue weighted by atomic mass is 35.5. The third-order valence-corrected chi connectivity index (χ3v) is 2.22. The third-order valence-electron chi connectivity index (χ3n) is 1.86. The van der Waals surface area contributed by atoms with Crippen molar-refractivity contribution in [2.24, 2.45) is 0 Å². The lowest BCUT2D eigenvalue weighted by Crippen LogP contribution is -2.00. The molecule has 0 spiro atoms. The van der Waals surface area contributed by atoms with Gasteiger partial charge in [0.2, 0.25) is 0 Å². The maximum absolute atomic E-state index is 11.1. The maximum Gasteiger partial charge on any atom is 0.291 e. The average molecular weight is 230 g/mol. The number of Topliss-reactive ketones (excluding diaryl/α,β-unsaturated/α-hetero) is 1. The van der Waals surface area contributed by atoms with Gasteiger partial charge in [0, 0.05) is 6.07 Å². The molecule has 0 amide bonds. The minimum Gasteiger partial charge on any atom is -0.494 e. The fourth-order valence-electron chi connectivity index (χ4n) is 1.16. The van der Waals surface area contributed by atoms with Crippen LogP contribution < -0.4 is 4.74 Å². The van der Waals surface area contributed by atoms with Gasteiger partial charge in [0.15, 0.2) is 16.6 Å². The number of hydrogen-bond acceptors (Lipinski definition) is 4. The lowest BCUT2D eigenvalue weighted by atomic mass is 10.1. The zero-order valence-corrected chi connectivity index (χ0v) is 8.87. The first-order chi connectivity index (χ1) is 6.99. The summed E-state index contributed by atoms with van der Waals surface area (Å²) in [6.07, 6.45) is 0. The van der Waals surface area contributed by atoms with E-state index in [9.17, 15) is 14.9 Å². The second-order valence-electron chi connectivity index (χ2n) is 2.79. The summed E-state index contributed by atoms with van der Waals surface area (Å²) in [7, 11) is 1.30. The van der Waals surface area contributed by atoms with E-state index in [0.29, 0.717) is 0 Å². The van der Waals surface area contributed by atoms with E-state index in [1.165, 1.54) is 26.2 Å². The quantitative estimate of drug-likeness (QED) is 0.454. The molecule has 0 radical (unpaired) electrons. The van der Waals surface area contributed by atoms with E-state index in [4.69, 9.17) is 16.3 Å². The van der Waals surface area contributed by atoms with Crippen molar-refractivity contribution < 1.29 is 14.5 Å². The van der Waals surface area contributed by atoms with Crippen LogP contribution in [0.1, 0.15) is 17.3 Å². The molecule has 0 atom stereocenters. The number of nitro benzene ring substituents is 1. The zero-order chi connectivity index (χ0) is 11.6. The molecule has 0 fully saturated rings. The highest BCUT2D eigenvalue weighted by Crippen LogP contribution is 2.36. The van der Waals surface area contributed by atoms with Gasteiger partial charge in [0.05, 0.1) is 17.6 Å². The molecule has 0 aliphatic heterocycles. The van der Waals surface area contributed by atoms with Crippen molar-refractivity contribution in [1.82, 2.24) is 0 Å². The van der Waals surface area contributed by atoms with Gasteiger partial charge in [0.1, 0.15) is 0 Å². The van der Waals surface area contributed by atoms with E-state index in [1.807, 2.05) is 0 Å². The summed E-state index contributed by atoms with van der Waals surface area (Å²) >= 11 is 5.73. The van der Waals surface area contributed by atoms with Crippen LogP contribution in [0, 0.1) is 10.1 Å². The Morgan fingerprint density at radius 2 is 2.13 bits per heavy atom. The monoisotopic (exact) mass is 229 g/mol. The van der Waals surface area contributed by atoms with Gasteiger partial charge in [-0.15, -0.1) is 0 Å². The Kier molecular flexibility index (Phi) is 3.26. The number of methoxy groups -OCH3 is 1. The van der Waals surface area contributed by atoms with Crippen LogP contribution in [0.3, 0.4) is 0 Å². The summed E-state index contributed by atoms with van der Waals surface area (Å²) in [6.45, 7) is 1.33. The normalized spacial score (nSPS) is 9.80. The minimum atomic E-state index is -0.630. The molecule has 0 bridgehead atoms. The standard InChI is InChI=1S/C9H8ClNO4/c1-5(12)6-3-4-7(11(13)14)8(10)9(6)15-2/h3-4H,1-2H3. The molecule has 5 nitrogen and oxygen atoms in total. The third kappa shape index (κ3) is 2.07. The molecule has 80 valence electrons. The molecule has 0 aromatic heterocycles. The highest BCUT2D eigenvalue weighted by molar-refractivity contribution is 6.34. The van der Waals surface area contributed by atoms with Crippen LogP contribution >= 0.6 is 11.6 Å². The van der Waals surface area contributed by atoms with Crippen molar-refractivity contribution in [3.8, 4) is 5.75 Å². The van der Waals surface area contributed by atoms with Crippen LogP contribution in [0.4, 0.5) is 5.69 Å². The van der Waals surface area contributed by atoms with Crippen molar-refractivity contribution in [3.05, 3.63) is 32.8 Å². The van der Waals surface area contributed by atoms with Gasteiger partial charge < -0.3 is 4.74 Å². The van der Waals surface area contributed by atoms with E-state index >= 15 is 0 Å². The number of halogens is 1. The number of hydrogen-bond donors (Lipinski definition) is 0. The number of benzene rings is 1. The summed E-state index contributed by atoms with van der Waals surface area (Å²) in [5.74, 6) is -0.220. The fourth-order valence-corrected chi connectivity index (χ4v) is 1.47. The smallest absolute Gasteiger partial charge is 0.291 e. The molecular formula is C9H8ClNO4. The van der Waals surface area contributed by atoms with Crippen molar-refractivity contribution >= 4 is 23.1 Å². The van der Waals surface area contributed by atoms with Crippen molar-refractivity contribution in [3.63, 3.8) is 0 Å². The number of carbonyl (C=O) groups excluding carboxylic acids is 1. The topological polar surface area (TPSA) is 69.4 Å². The predicted molar refractivity (Wildman–Crippen MR) is 54.7 cm³/mol. The van der Waals surface area contributed by atoms with Gasteiger partial charge in [-0.25, -0.2) is 0 Å². The highest BCUT2D eigenvalue weighted by Gasteiger charge is 2.21. The molecule has 0 saturated carbocycles. The Morgan fingerprint density at radius 3 is 2.53 bits per heavy atom. The number of ether oxygens (including phenoxy) is 1. The van der Waals surface area contributed by atoms with Crippen molar-refractivity contribution in [2.45, 2.75) is 6.92 Å². The van der Waals surface area contributed by atoms with E-state index in [2.05, 4.69) is 0 Å². The Hall–Kier alpha value is -1.62. The molecule has 0 N–H and O–H groups in total. The van der Waals surface area contributed by atoms with Crippen molar-refractivity contribution in [2.75, 3.05) is 7.11 Å². The second kappa shape index (κ2) is 4.27. The Balaban J connectivity index is 3.45. The molecule has 0 saturated heterocycles. The number of rotatable bonds is 3. The second-order valence-corrected chi connectivity index (χ2v) is 3.17. The molecule has 1 aromatic carbocycles. The van der Waals surface area contributed by atoms with Gasteiger partial charge in [-0.05, 0) is 13.0 Å². The van der Waals surface area contributed by atoms with Crippen LogP contribution in [0.25, 0.3) is 0 Å². The van der Waals surface area contributed by atoms with Crippen LogP contribution in [0.15, 0.2) is 12.1 Å². The van der Waals surface area contributed by atoms with E-state index < -0.39 is 4.92 Å². The van der Waals surface area contributed by atoms with Gasteiger partial charge in [0.25, 0.3) is 5.69 Å². The van der Waals surface area contributed by atoms with E-state index in [1.54, 1.807) is 0 Å². The molecule has 6 heteroatoms. The molecule has 0 aliphatic carbocycles. The Bertz CT molecular complexity index is 430. The number of ketones is 1. The maximum atomic E-state index is 11.1. The number of carbonyl (C=O) groups is 1. The molecule has 1 aromatic rings. The fraction of sp³-hybridized carbons (Fsp3) is 0.222. The molecular weight excluding hydrogens is 222 g/mol. The van der Waals surface area contributed by atoms with Gasteiger partial charge >= 0.3 is 0 Å². The molecule has 0 unspecified atom stereocenters. The first-order valence-electron chi connectivity index (χ1n) is 4.00. The van der Waals surface area contributed by atoms with Crippen LogP contribution in [-0.2, 0) is 0 Å². The summed E-state index contributed by atoms with van der Waals surface area (Å²) < 4.78 is 4.87. The average Bonchev–Trinajstić information content (AvgIpc) is 2.16. The molecule has 0 heterocycles. The summed E-state index contributed by atoms with van der Waals surface area (Å²) in [5, 5.41) is 10.4. The number of nitro groups is 1. The lowest BCUT2D eigenvalue weighted by Gasteiger charge is -2.07. The SMILES string of the molecule is COc1c(C(C)=O)ccc([N+](=O)[O-])c1Cl. The van der Waals surface area contributed by atoms with E-state index in [-0.39, 0.29) is 27.8 Å². The van der Waals surface area contributed by atoms with E-state index in [0.717, 1.165) is 0 Å². The minimum absolute atomic E-state index is 0.0402. The van der Waals surface area contributed by atoms with Crippen molar-refractivity contribution in [1.29, 1.82) is 0 Å². The predicted octanol–water partition coefficient (Wildman–Crippen LogP) is 2.46. The summed E-state index contributed by atoms with van der Waals surface area (Å²) in [4.78, 5) is 21.1. The summed E-state index contributed by atoms with van der Waals surface area (Å²) in [5.41, 5.74) is -0.0494. The van der Waals surface area contributed by atoms with Gasteiger partial charge in [-0.1, -0.05) is 11.6 Å². The molecule has 1 rings (SSSR count). The number of nitrogens with zero attached hydrogens (tertiary/aromatic N) is 1. The van der Waals surface area contributed by atoms with Crippen LogP contribution in [-0.4, -0.2) is 17.8 Å². The summed E-state index contributed by atoms with van der Waals surface area (Å²) in [6, 6.07) is 2.51.